The summed E-state index contributed by atoms with van der Waals surface area (Å²) in [5.74, 6) is 0.0108. The standard InChI is InChI=1S/C26H32N4O4S/c1-17(16-35-3)28-20-13-21-22(29-25(31)19-10-12-34-15-19)23(26(32)33-2)30(24(21)27-14-20)11-9-18-7-5-4-6-8-18/h4-8,13-14,17,19,28H,9-12,15-16H2,1-3H3,(H,29,31). The molecule has 186 valence electrons. The zero-order chi connectivity index (χ0) is 24.8. The van der Waals surface area contributed by atoms with Gasteiger partial charge in [-0.25, -0.2) is 9.78 Å². The van der Waals surface area contributed by atoms with Crippen molar-refractivity contribution in [2.24, 2.45) is 5.92 Å². The third-order valence-corrected chi connectivity index (χ3v) is 6.96. The Kier molecular flexibility index (Phi) is 8.30. The number of esters is 1. The van der Waals surface area contributed by atoms with E-state index in [9.17, 15) is 9.59 Å². The van der Waals surface area contributed by atoms with E-state index >= 15 is 0 Å². The predicted octanol–water partition coefficient (Wildman–Crippen LogP) is 4.20. The van der Waals surface area contributed by atoms with Crippen LogP contribution in [0.5, 0.6) is 0 Å². The van der Waals surface area contributed by atoms with Gasteiger partial charge in [0.1, 0.15) is 5.65 Å². The summed E-state index contributed by atoms with van der Waals surface area (Å²) >= 11 is 1.76. The molecular weight excluding hydrogens is 464 g/mol. The lowest BCUT2D eigenvalue weighted by atomic mass is 10.1. The fraction of sp³-hybridized carbons (Fsp3) is 0.423. The largest absolute Gasteiger partial charge is 0.464 e. The highest BCUT2D eigenvalue weighted by atomic mass is 32.2. The average molecular weight is 497 g/mol. The maximum atomic E-state index is 13.1. The Hall–Kier alpha value is -3.04. The molecule has 1 saturated heterocycles. The van der Waals surface area contributed by atoms with Crippen molar-refractivity contribution in [2.75, 3.05) is 43.0 Å². The van der Waals surface area contributed by atoms with Crippen molar-refractivity contribution in [1.82, 2.24) is 9.55 Å². The molecule has 2 unspecified atom stereocenters. The van der Waals surface area contributed by atoms with Crippen LogP contribution in [0, 0.1) is 5.92 Å². The number of methoxy groups -OCH3 is 1. The summed E-state index contributed by atoms with van der Waals surface area (Å²) in [7, 11) is 1.35. The van der Waals surface area contributed by atoms with E-state index in [1.807, 2.05) is 28.8 Å². The minimum atomic E-state index is -0.515. The number of aryl methyl sites for hydroxylation is 2. The Bertz CT molecular complexity index is 1180. The molecular formula is C26H32N4O4S. The van der Waals surface area contributed by atoms with Crippen LogP contribution in [-0.2, 0) is 27.2 Å². The molecule has 0 spiro atoms. The van der Waals surface area contributed by atoms with Gasteiger partial charge in [0.25, 0.3) is 0 Å². The van der Waals surface area contributed by atoms with Gasteiger partial charge in [0, 0.05) is 30.3 Å². The van der Waals surface area contributed by atoms with Crippen LogP contribution in [0.2, 0.25) is 0 Å². The number of thioether (sulfide) groups is 1. The third-order valence-electron chi connectivity index (χ3n) is 6.12. The molecule has 0 saturated carbocycles. The van der Waals surface area contributed by atoms with Crippen LogP contribution in [0.3, 0.4) is 0 Å². The molecule has 3 aromatic rings. The minimum absolute atomic E-state index is 0.163. The molecule has 1 aliphatic rings. The van der Waals surface area contributed by atoms with E-state index in [1.165, 1.54) is 7.11 Å². The topological polar surface area (TPSA) is 94.5 Å². The molecule has 2 aromatic heterocycles. The van der Waals surface area contributed by atoms with Gasteiger partial charge in [-0.3, -0.25) is 4.79 Å². The van der Waals surface area contributed by atoms with E-state index in [0.29, 0.717) is 55.0 Å². The van der Waals surface area contributed by atoms with Crippen LogP contribution in [0.1, 0.15) is 29.4 Å². The van der Waals surface area contributed by atoms with Crippen molar-refractivity contribution in [3.05, 3.63) is 53.9 Å². The van der Waals surface area contributed by atoms with Gasteiger partial charge in [0.15, 0.2) is 5.69 Å². The van der Waals surface area contributed by atoms with Gasteiger partial charge in [-0.05, 0) is 37.7 Å². The molecule has 0 bridgehead atoms. The first-order valence-electron chi connectivity index (χ1n) is 11.8. The lowest BCUT2D eigenvalue weighted by Crippen LogP contribution is -2.24. The second-order valence-electron chi connectivity index (χ2n) is 8.75. The number of anilines is 2. The number of carbonyl (C=O) groups excluding carboxylic acids is 2. The highest BCUT2D eigenvalue weighted by Gasteiger charge is 2.30. The van der Waals surface area contributed by atoms with Crippen LogP contribution in [-0.4, -0.2) is 59.8 Å². The molecule has 8 nitrogen and oxygen atoms in total. The van der Waals surface area contributed by atoms with Gasteiger partial charge in [-0.1, -0.05) is 30.3 Å². The van der Waals surface area contributed by atoms with Crippen molar-refractivity contribution in [3.8, 4) is 0 Å². The molecule has 1 aliphatic heterocycles. The van der Waals surface area contributed by atoms with Crippen LogP contribution in [0.25, 0.3) is 11.0 Å². The Morgan fingerprint density at radius 1 is 1.31 bits per heavy atom. The Balaban J connectivity index is 1.78. The van der Waals surface area contributed by atoms with Gasteiger partial charge >= 0.3 is 5.97 Å². The van der Waals surface area contributed by atoms with Crippen LogP contribution < -0.4 is 10.6 Å². The Morgan fingerprint density at radius 2 is 2.11 bits per heavy atom. The van der Waals surface area contributed by atoms with Crippen LogP contribution >= 0.6 is 11.8 Å². The van der Waals surface area contributed by atoms with E-state index in [4.69, 9.17) is 14.5 Å². The van der Waals surface area contributed by atoms with Crippen molar-refractivity contribution in [3.63, 3.8) is 0 Å². The first-order chi connectivity index (χ1) is 17.0. The monoisotopic (exact) mass is 496 g/mol. The second-order valence-corrected chi connectivity index (χ2v) is 9.66. The van der Waals surface area contributed by atoms with E-state index in [2.05, 4.69) is 35.9 Å². The normalized spacial score (nSPS) is 16.3. The number of carbonyl (C=O) groups is 2. The molecule has 2 atom stereocenters. The highest BCUT2D eigenvalue weighted by molar-refractivity contribution is 7.98. The molecule has 2 N–H and O–H groups in total. The summed E-state index contributed by atoms with van der Waals surface area (Å²) in [5, 5.41) is 7.18. The van der Waals surface area contributed by atoms with E-state index in [0.717, 1.165) is 17.0 Å². The molecule has 35 heavy (non-hydrogen) atoms. The van der Waals surface area contributed by atoms with E-state index in [-0.39, 0.29) is 17.9 Å². The zero-order valence-corrected chi connectivity index (χ0v) is 21.2. The highest BCUT2D eigenvalue weighted by Crippen LogP contribution is 2.34. The molecule has 1 aromatic carbocycles. The van der Waals surface area contributed by atoms with Gasteiger partial charge in [-0.2, -0.15) is 11.8 Å². The third kappa shape index (κ3) is 5.79. The van der Waals surface area contributed by atoms with Gasteiger partial charge in [0.2, 0.25) is 5.91 Å². The second kappa shape index (κ2) is 11.6. The average Bonchev–Trinajstić information content (AvgIpc) is 3.50. The molecule has 1 fully saturated rings. The van der Waals surface area contributed by atoms with Crippen molar-refractivity contribution >= 4 is 46.0 Å². The summed E-state index contributed by atoms with van der Waals surface area (Å²) < 4.78 is 12.4. The Labute approximate surface area is 209 Å². The Morgan fingerprint density at radius 3 is 2.80 bits per heavy atom. The summed E-state index contributed by atoms with van der Waals surface area (Å²) in [6.07, 6.45) is 5.19. The fourth-order valence-electron chi connectivity index (χ4n) is 4.39. The number of amides is 1. The van der Waals surface area contributed by atoms with Crippen molar-refractivity contribution in [1.29, 1.82) is 0 Å². The smallest absolute Gasteiger partial charge is 0.356 e. The number of aromatic nitrogens is 2. The summed E-state index contributed by atoms with van der Waals surface area (Å²) in [4.78, 5) is 30.8. The SMILES string of the molecule is COC(=O)c1c(NC(=O)C2CCOC2)c2cc(NC(C)CSC)cnc2n1CCc1ccccc1. The predicted molar refractivity (Wildman–Crippen MR) is 140 cm³/mol. The molecule has 9 heteroatoms. The zero-order valence-electron chi connectivity index (χ0n) is 20.4. The maximum Gasteiger partial charge on any atom is 0.356 e. The summed E-state index contributed by atoms with van der Waals surface area (Å²) in [6, 6.07) is 12.2. The van der Waals surface area contributed by atoms with Crippen molar-refractivity contribution < 1.29 is 19.1 Å². The number of pyridine rings is 1. The van der Waals surface area contributed by atoms with Gasteiger partial charge < -0.3 is 24.7 Å². The number of hydrogen-bond donors (Lipinski definition) is 2. The number of rotatable bonds is 10. The molecule has 0 radical (unpaired) electrons. The molecule has 4 rings (SSSR count). The van der Waals surface area contributed by atoms with Crippen molar-refractivity contribution in [2.45, 2.75) is 32.4 Å². The number of nitrogens with one attached hydrogen (secondary N) is 2. The summed E-state index contributed by atoms with van der Waals surface area (Å²) in [6.45, 7) is 3.55. The van der Waals surface area contributed by atoms with Crippen LogP contribution in [0.4, 0.5) is 11.4 Å². The van der Waals surface area contributed by atoms with E-state index < -0.39 is 5.97 Å². The van der Waals surface area contributed by atoms with E-state index in [1.54, 1.807) is 18.0 Å². The number of nitrogens with zero attached hydrogens (tertiary/aromatic N) is 2. The van der Waals surface area contributed by atoms with Crippen LogP contribution in [0.15, 0.2) is 42.6 Å². The number of ether oxygens (including phenoxy) is 2. The lowest BCUT2D eigenvalue weighted by molar-refractivity contribution is -0.119. The first-order valence-corrected chi connectivity index (χ1v) is 13.2. The maximum absolute atomic E-state index is 13.1. The minimum Gasteiger partial charge on any atom is -0.464 e. The molecule has 3 heterocycles. The number of benzene rings is 1. The molecule has 0 aliphatic carbocycles. The fourth-order valence-corrected chi connectivity index (χ4v) is 4.97. The quantitative estimate of drug-likeness (QED) is 0.406. The van der Waals surface area contributed by atoms with Gasteiger partial charge in [0.05, 0.1) is 37.2 Å². The lowest BCUT2D eigenvalue weighted by Gasteiger charge is -2.14. The van der Waals surface area contributed by atoms with Gasteiger partial charge in [-0.15, -0.1) is 0 Å². The number of fused-ring (bicyclic) bond motifs is 1. The summed E-state index contributed by atoms with van der Waals surface area (Å²) in [5.41, 5.74) is 3.33. The molecule has 1 amide bonds. The number of hydrogen-bond acceptors (Lipinski definition) is 7. The first kappa shape index (κ1) is 25.1.